The van der Waals surface area contributed by atoms with E-state index in [0.29, 0.717) is 6.04 Å². The third kappa shape index (κ3) is 2.98. The highest BCUT2D eigenvalue weighted by molar-refractivity contribution is 6.31. The van der Waals surface area contributed by atoms with Crippen LogP contribution >= 0.6 is 11.6 Å². The molecule has 1 rings (SSSR count). The topological polar surface area (TPSA) is 15.3 Å². The number of rotatable bonds is 4. The Labute approximate surface area is 90.9 Å². The van der Waals surface area contributed by atoms with Crippen LogP contribution in [0.1, 0.15) is 11.6 Å². The first-order valence-corrected chi connectivity index (χ1v) is 5.09. The van der Waals surface area contributed by atoms with Crippen molar-refractivity contribution in [2.45, 2.75) is 6.04 Å². The van der Waals surface area contributed by atoms with E-state index in [4.69, 9.17) is 11.6 Å². The molecule has 3 heteroatoms. The van der Waals surface area contributed by atoms with Crippen molar-refractivity contribution in [2.75, 3.05) is 27.7 Å². The molecule has 0 heterocycles. The Morgan fingerprint density at radius 3 is 2.50 bits per heavy atom. The zero-order valence-corrected chi connectivity index (χ0v) is 9.67. The van der Waals surface area contributed by atoms with Crippen molar-refractivity contribution in [1.29, 1.82) is 0 Å². The molecule has 0 aliphatic heterocycles. The molecule has 0 fully saturated rings. The van der Waals surface area contributed by atoms with Gasteiger partial charge in [-0.25, -0.2) is 0 Å². The summed E-state index contributed by atoms with van der Waals surface area (Å²) in [6, 6.07) is 8.25. The number of nitrogens with zero attached hydrogens (tertiary/aromatic N) is 1. The number of hydrogen-bond acceptors (Lipinski definition) is 2. The lowest BCUT2D eigenvalue weighted by atomic mass is 10.1. The van der Waals surface area contributed by atoms with Gasteiger partial charge in [0, 0.05) is 17.6 Å². The molecule has 0 bridgehead atoms. The molecular formula is C11H17ClN2. The van der Waals surface area contributed by atoms with Gasteiger partial charge in [0.1, 0.15) is 0 Å². The summed E-state index contributed by atoms with van der Waals surface area (Å²) in [4.78, 5) is 2.14. The van der Waals surface area contributed by atoms with Gasteiger partial charge < -0.3 is 10.2 Å². The summed E-state index contributed by atoms with van der Waals surface area (Å²) in [5.41, 5.74) is 1.16. The number of halogens is 1. The fourth-order valence-electron chi connectivity index (χ4n) is 1.47. The predicted molar refractivity (Wildman–Crippen MR) is 61.8 cm³/mol. The van der Waals surface area contributed by atoms with Crippen molar-refractivity contribution < 1.29 is 0 Å². The van der Waals surface area contributed by atoms with Crippen LogP contribution in [0.4, 0.5) is 0 Å². The molecular weight excluding hydrogens is 196 g/mol. The van der Waals surface area contributed by atoms with Crippen molar-refractivity contribution in [3.05, 3.63) is 34.9 Å². The van der Waals surface area contributed by atoms with Crippen molar-refractivity contribution in [3.63, 3.8) is 0 Å². The van der Waals surface area contributed by atoms with Crippen LogP contribution < -0.4 is 5.32 Å². The van der Waals surface area contributed by atoms with Crippen molar-refractivity contribution in [2.24, 2.45) is 0 Å². The summed E-state index contributed by atoms with van der Waals surface area (Å²) < 4.78 is 0. The molecule has 1 atom stereocenters. The largest absolute Gasteiger partial charge is 0.312 e. The Balaban J connectivity index is 2.83. The minimum absolute atomic E-state index is 0.290. The van der Waals surface area contributed by atoms with Gasteiger partial charge in [-0.1, -0.05) is 29.8 Å². The van der Waals surface area contributed by atoms with Gasteiger partial charge in [0.2, 0.25) is 0 Å². The first kappa shape index (κ1) is 11.5. The number of nitrogens with one attached hydrogen (secondary N) is 1. The zero-order valence-electron chi connectivity index (χ0n) is 8.92. The molecule has 2 nitrogen and oxygen atoms in total. The molecule has 0 saturated carbocycles. The van der Waals surface area contributed by atoms with Crippen LogP contribution in [0, 0.1) is 0 Å². The second kappa shape index (κ2) is 5.35. The highest BCUT2D eigenvalue weighted by Gasteiger charge is 2.12. The standard InChI is InChI=1S/C11H17ClN2/c1-13-11(8-14(2)3)9-6-4-5-7-10(9)12/h4-7,11,13H,8H2,1-3H3. The van der Waals surface area contributed by atoms with E-state index in [0.717, 1.165) is 17.1 Å². The molecule has 1 unspecified atom stereocenters. The quantitative estimate of drug-likeness (QED) is 0.823. The Morgan fingerprint density at radius 2 is 2.00 bits per heavy atom. The average molecular weight is 213 g/mol. The Bertz CT molecular complexity index is 286. The van der Waals surface area contributed by atoms with Crippen molar-refractivity contribution >= 4 is 11.6 Å². The normalized spacial score (nSPS) is 13.2. The number of likely N-dealkylation sites (N-methyl/N-ethyl adjacent to an activating group) is 2. The summed E-state index contributed by atoms with van der Waals surface area (Å²) in [6.45, 7) is 0.945. The van der Waals surface area contributed by atoms with Gasteiger partial charge >= 0.3 is 0 Å². The van der Waals surface area contributed by atoms with E-state index in [1.807, 2.05) is 25.2 Å². The molecule has 0 radical (unpaired) electrons. The maximum atomic E-state index is 6.12. The highest BCUT2D eigenvalue weighted by atomic mass is 35.5. The van der Waals surface area contributed by atoms with Crippen LogP contribution in [0.3, 0.4) is 0 Å². The van der Waals surface area contributed by atoms with Gasteiger partial charge in [0.25, 0.3) is 0 Å². The minimum atomic E-state index is 0.290. The predicted octanol–water partition coefficient (Wildman–Crippen LogP) is 2.16. The van der Waals surface area contributed by atoms with E-state index >= 15 is 0 Å². The molecule has 1 aromatic carbocycles. The van der Waals surface area contributed by atoms with E-state index in [-0.39, 0.29) is 0 Å². The lowest BCUT2D eigenvalue weighted by molar-refractivity contribution is 0.353. The fraction of sp³-hybridized carbons (Fsp3) is 0.455. The van der Waals surface area contributed by atoms with Crippen LogP contribution in [0.25, 0.3) is 0 Å². The molecule has 78 valence electrons. The third-order valence-electron chi connectivity index (χ3n) is 2.18. The summed E-state index contributed by atoms with van der Waals surface area (Å²) in [6.07, 6.45) is 0. The Kier molecular flexibility index (Phi) is 4.39. The molecule has 0 aliphatic rings. The van der Waals surface area contributed by atoms with Gasteiger partial charge in [0.05, 0.1) is 0 Å². The molecule has 0 aliphatic carbocycles. The first-order valence-electron chi connectivity index (χ1n) is 4.71. The summed E-state index contributed by atoms with van der Waals surface area (Å²) in [7, 11) is 6.07. The second-order valence-corrected chi connectivity index (χ2v) is 4.03. The molecule has 1 aromatic rings. The van der Waals surface area contributed by atoms with Crippen LogP contribution in [0.2, 0.25) is 5.02 Å². The van der Waals surface area contributed by atoms with Crippen molar-refractivity contribution in [3.8, 4) is 0 Å². The van der Waals surface area contributed by atoms with Crippen LogP contribution in [-0.2, 0) is 0 Å². The lowest BCUT2D eigenvalue weighted by Crippen LogP contribution is -2.28. The Morgan fingerprint density at radius 1 is 1.36 bits per heavy atom. The molecule has 14 heavy (non-hydrogen) atoms. The SMILES string of the molecule is CNC(CN(C)C)c1ccccc1Cl. The monoisotopic (exact) mass is 212 g/mol. The van der Waals surface area contributed by atoms with Crippen LogP contribution in [0.5, 0.6) is 0 Å². The van der Waals surface area contributed by atoms with Gasteiger partial charge in [-0.05, 0) is 32.8 Å². The summed E-state index contributed by atoms with van der Waals surface area (Å²) in [5.74, 6) is 0. The maximum absolute atomic E-state index is 6.12. The van der Waals surface area contributed by atoms with E-state index in [1.54, 1.807) is 0 Å². The van der Waals surface area contributed by atoms with Gasteiger partial charge in [-0.15, -0.1) is 0 Å². The van der Waals surface area contributed by atoms with Gasteiger partial charge in [0.15, 0.2) is 0 Å². The van der Waals surface area contributed by atoms with E-state index in [9.17, 15) is 0 Å². The summed E-state index contributed by atoms with van der Waals surface area (Å²) >= 11 is 6.12. The first-order chi connectivity index (χ1) is 6.65. The fourth-order valence-corrected chi connectivity index (χ4v) is 1.74. The van der Waals surface area contributed by atoms with Gasteiger partial charge in [-0.3, -0.25) is 0 Å². The molecule has 0 amide bonds. The summed E-state index contributed by atoms with van der Waals surface area (Å²) in [5, 5.41) is 4.09. The van der Waals surface area contributed by atoms with Crippen LogP contribution in [-0.4, -0.2) is 32.6 Å². The highest BCUT2D eigenvalue weighted by Crippen LogP contribution is 2.22. The third-order valence-corrected chi connectivity index (χ3v) is 2.52. The maximum Gasteiger partial charge on any atom is 0.0461 e. The average Bonchev–Trinajstić information content (AvgIpc) is 2.15. The minimum Gasteiger partial charge on any atom is -0.312 e. The number of benzene rings is 1. The zero-order chi connectivity index (χ0) is 10.6. The Hall–Kier alpha value is -0.570. The van der Waals surface area contributed by atoms with Crippen molar-refractivity contribution in [1.82, 2.24) is 10.2 Å². The number of hydrogen-bond donors (Lipinski definition) is 1. The molecule has 0 aromatic heterocycles. The second-order valence-electron chi connectivity index (χ2n) is 3.63. The van der Waals surface area contributed by atoms with E-state index in [2.05, 4.69) is 30.4 Å². The van der Waals surface area contributed by atoms with E-state index < -0.39 is 0 Å². The molecule has 1 N–H and O–H groups in total. The smallest absolute Gasteiger partial charge is 0.0461 e. The molecule has 0 saturated heterocycles. The van der Waals surface area contributed by atoms with E-state index in [1.165, 1.54) is 0 Å². The van der Waals surface area contributed by atoms with Crippen LogP contribution in [0.15, 0.2) is 24.3 Å². The van der Waals surface area contributed by atoms with Gasteiger partial charge in [-0.2, -0.15) is 0 Å². The molecule has 0 spiro atoms. The lowest BCUT2D eigenvalue weighted by Gasteiger charge is -2.21.